The summed E-state index contributed by atoms with van der Waals surface area (Å²) in [7, 11) is 0. The molecular formula is C17H19NO3S. The third kappa shape index (κ3) is 3.30. The first-order valence-corrected chi connectivity index (χ1v) is 8.50. The molecule has 2 aromatic rings. The number of aromatic hydroxyl groups is 1. The van der Waals surface area contributed by atoms with Gasteiger partial charge in [-0.1, -0.05) is 12.1 Å². The SMILES string of the molecule is Cc1ccc([C@H]2CSCCN2C(=O)Cc2cccc(O)c2)o1. The van der Waals surface area contributed by atoms with Gasteiger partial charge in [0.2, 0.25) is 5.91 Å². The maximum atomic E-state index is 12.7. The van der Waals surface area contributed by atoms with Crippen molar-refractivity contribution in [1.29, 1.82) is 0 Å². The lowest BCUT2D eigenvalue weighted by atomic mass is 10.1. The van der Waals surface area contributed by atoms with Gasteiger partial charge in [0.05, 0.1) is 12.5 Å². The Morgan fingerprint density at radius 1 is 1.41 bits per heavy atom. The van der Waals surface area contributed by atoms with E-state index < -0.39 is 0 Å². The molecule has 1 fully saturated rings. The average Bonchev–Trinajstić information content (AvgIpc) is 2.94. The number of carbonyl (C=O) groups excluding carboxylic acids is 1. The van der Waals surface area contributed by atoms with Crippen LogP contribution in [-0.4, -0.2) is 34.0 Å². The van der Waals surface area contributed by atoms with Crippen LogP contribution in [0, 0.1) is 6.92 Å². The van der Waals surface area contributed by atoms with Gasteiger partial charge in [-0.05, 0) is 36.8 Å². The van der Waals surface area contributed by atoms with Crippen molar-refractivity contribution in [3.05, 3.63) is 53.5 Å². The fourth-order valence-corrected chi connectivity index (χ4v) is 3.77. The molecule has 2 heterocycles. The van der Waals surface area contributed by atoms with Crippen LogP contribution in [0.15, 0.2) is 40.8 Å². The molecule has 1 N–H and O–H groups in total. The van der Waals surface area contributed by atoms with E-state index in [0.29, 0.717) is 6.42 Å². The van der Waals surface area contributed by atoms with Crippen molar-refractivity contribution in [1.82, 2.24) is 4.90 Å². The van der Waals surface area contributed by atoms with Crippen LogP contribution < -0.4 is 0 Å². The molecule has 1 saturated heterocycles. The van der Waals surface area contributed by atoms with E-state index in [1.165, 1.54) is 0 Å². The lowest BCUT2D eigenvalue weighted by Gasteiger charge is -2.34. The number of phenols is 1. The van der Waals surface area contributed by atoms with Crippen molar-refractivity contribution < 1.29 is 14.3 Å². The lowest BCUT2D eigenvalue weighted by molar-refractivity contribution is -0.132. The summed E-state index contributed by atoms with van der Waals surface area (Å²) in [6.45, 7) is 2.64. The van der Waals surface area contributed by atoms with Crippen molar-refractivity contribution >= 4 is 17.7 Å². The van der Waals surface area contributed by atoms with Gasteiger partial charge in [-0.3, -0.25) is 4.79 Å². The number of rotatable bonds is 3. The van der Waals surface area contributed by atoms with Crippen LogP contribution in [-0.2, 0) is 11.2 Å². The Hall–Kier alpha value is -1.88. The Morgan fingerprint density at radius 3 is 3.00 bits per heavy atom. The van der Waals surface area contributed by atoms with Gasteiger partial charge >= 0.3 is 0 Å². The zero-order valence-corrected chi connectivity index (χ0v) is 13.3. The van der Waals surface area contributed by atoms with E-state index in [9.17, 15) is 9.90 Å². The highest BCUT2D eigenvalue weighted by atomic mass is 32.2. The Bertz CT molecular complexity index is 667. The Morgan fingerprint density at radius 2 is 2.27 bits per heavy atom. The van der Waals surface area contributed by atoms with E-state index in [1.807, 2.05) is 41.8 Å². The predicted molar refractivity (Wildman–Crippen MR) is 87.0 cm³/mol. The van der Waals surface area contributed by atoms with Crippen LogP contribution >= 0.6 is 11.8 Å². The highest BCUT2D eigenvalue weighted by Crippen LogP contribution is 2.31. The van der Waals surface area contributed by atoms with Crippen LogP contribution in [0.1, 0.15) is 23.1 Å². The van der Waals surface area contributed by atoms with Crippen molar-refractivity contribution in [3.63, 3.8) is 0 Å². The van der Waals surface area contributed by atoms with Gasteiger partial charge in [-0.25, -0.2) is 0 Å². The standard InChI is InChI=1S/C17H19NO3S/c1-12-5-6-16(21-12)15-11-22-8-7-18(15)17(20)10-13-3-2-4-14(19)9-13/h2-6,9,15,19H,7-8,10-11H2,1H3/t15-/m1/s1. The number of phenolic OH excluding ortho intramolecular Hbond substituents is 1. The second-order valence-electron chi connectivity index (χ2n) is 5.47. The molecule has 116 valence electrons. The third-order valence-electron chi connectivity index (χ3n) is 3.80. The summed E-state index contributed by atoms with van der Waals surface area (Å²) in [4.78, 5) is 14.6. The Labute approximate surface area is 134 Å². The van der Waals surface area contributed by atoms with Crippen molar-refractivity contribution in [2.24, 2.45) is 0 Å². The summed E-state index contributed by atoms with van der Waals surface area (Å²) in [6, 6.07) is 10.8. The predicted octanol–water partition coefficient (Wildman–Crippen LogP) is 3.15. The van der Waals surface area contributed by atoms with Crippen LogP contribution in [0.3, 0.4) is 0 Å². The molecule has 5 heteroatoms. The first-order valence-electron chi connectivity index (χ1n) is 7.35. The van der Waals surface area contributed by atoms with E-state index in [2.05, 4.69) is 0 Å². The van der Waals surface area contributed by atoms with E-state index in [4.69, 9.17) is 4.42 Å². The van der Waals surface area contributed by atoms with Gasteiger partial charge in [0.1, 0.15) is 17.3 Å². The molecule has 0 unspecified atom stereocenters. The summed E-state index contributed by atoms with van der Waals surface area (Å²) in [5.74, 6) is 3.79. The number of carbonyl (C=O) groups is 1. The number of hydrogen-bond acceptors (Lipinski definition) is 4. The van der Waals surface area contributed by atoms with E-state index in [0.717, 1.165) is 35.1 Å². The number of hydrogen-bond donors (Lipinski definition) is 1. The van der Waals surface area contributed by atoms with Crippen LogP contribution in [0.5, 0.6) is 5.75 Å². The molecule has 1 atom stereocenters. The first-order chi connectivity index (χ1) is 10.6. The average molecular weight is 317 g/mol. The molecule has 1 amide bonds. The minimum absolute atomic E-state index is 0.00254. The molecular weight excluding hydrogens is 298 g/mol. The van der Waals surface area contributed by atoms with E-state index in [1.54, 1.807) is 18.2 Å². The third-order valence-corrected chi connectivity index (χ3v) is 4.83. The van der Waals surface area contributed by atoms with Gasteiger partial charge in [-0.2, -0.15) is 11.8 Å². The molecule has 0 radical (unpaired) electrons. The molecule has 0 spiro atoms. The van der Waals surface area contributed by atoms with Crippen molar-refractivity contribution in [2.45, 2.75) is 19.4 Å². The minimum Gasteiger partial charge on any atom is -0.508 e. The van der Waals surface area contributed by atoms with Crippen molar-refractivity contribution in [3.8, 4) is 5.75 Å². The molecule has 0 bridgehead atoms. The van der Waals surface area contributed by atoms with Gasteiger partial charge in [0.25, 0.3) is 0 Å². The van der Waals surface area contributed by atoms with Gasteiger partial charge < -0.3 is 14.4 Å². The molecule has 0 aliphatic carbocycles. The maximum Gasteiger partial charge on any atom is 0.227 e. The highest BCUT2D eigenvalue weighted by Gasteiger charge is 2.30. The highest BCUT2D eigenvalue weighted by molar-refractivity contribution is 7.99. The molecule has 4 nitrogen and oxygen atoms in total. The number of amides is 1. The van der Waals surface area contributed by atoms with Crippen LogP contribution in [0.4, 0.5) is 0 Å². The number of thioether (sulfide) groups is 1. The minimum atomic E-state index is -0.00254. The summed E-state index contributed by atoms with van der Waals surface area (Å²) in [6.07, 6.45) is 0.301. The number of benzene rings is 1. The zero-order chi connectivity index (χ0) is 15.5. The second kappa shape index (κ2) is 6.48. The smallest absolute Gasteiger partial charge is 0.227 e. The summed E-state index contributed by atoms with van der Waals surface area (Å²) in [5, 5.41) is 9.53. The van der Waals surface area contributed by atoms with Crippen LogP contribution in [0.25, 0.3) is 0 Å². The zero-order valence-electron chi connectivity index (χ0n) is 12.5. The van der Waals surface area contributed by atoms with Crippen LogP contribution in [0.2, 0.25) is 0 Å². The molecule has 1 aliphatic rings. The molecule has 1 aromatic heterocycles. The molecule has 0 saturated carbocycles. The topological polar surface area (TPSA) is 53.7 Å². The number of aryl methyl sites for hydroxylation is 1. The molecule has 3 rings (SSSR count). The van der Waals surface area contributed by atoms with Gasteiger partial charge in [-0.15, -0.1) is 0 Å². The van der Waals surface area contributed by atoms with E-state index in [-0.39, 0.29) is 17.7 Å². The van der Waals surface area contributed by atoms with E-state index >= 15 is 0 Å². The fourth-order valence-electron chi connectivity index (χ4n) is 2.71. The monoisotopic (exact) mass is 317 g/mol. The summed E-state index contributed by atoms with van der Waals surface area (Å²) in [5.41, 5.74) is 0.831. The fraction of sp³-hybridized carbons (Fsp3) is 0.353. The normalized spacial score (nSPS) is 18.4. The maximum absolute atomic E-state index is 12.7. The molecule has 1 aromatic carbocycles. The van der Waals surface area contributed by atoms with Crippen molar-refractivity contribution in [2.75, 3.05) is 18.1 Å². The first kappa shape index (κ1) is 15.0. The lowest BCUT2D eigenvalue weighted by Crippen LogP contribution is -2.41. The van der Waals surface area contributed by atoms with Gasteiger partial charge in [0.15, 0.2) is 0 Å². The summed E-state index contributed by atoms with van der Waals surface area (Å²) >= 11 is 1.84. The Kier molecular flexibility index (Phi) is 4.43. The quantitative estimate of drug-likeness (QED) is 0.945. The largest absolute Gasteiger partial charge is 0.508 e. The number of nitrogens with zero attached hydrogens (tertiary/aromatic N) is 1. The molecule has 1 aliphatic heterocycles. The Balaban J connectivity index is 1.76. The second-order valence-corrected chi connectivity index (χ2v) is 6.62. The molecule has 22 heavy (non-hydrogen) atoms. The summed E-state index contributed by atoms with van der Waals surface area (Å²) < 4.78 is 5.73. The number of furan rings is 1. The van der Waals surface area contributed by atoms with Gasteiger partial charge in [0, 0.05) is 18.1 Å².